The van der Waals surface area contributed by atoms with Gasteiger partial charge < -0.3 is 4.74 Å². The number of thiophene rings is 1. The van der Waals surface area contributed by atoms with Crippen LogP contribution in [0, 0.1) is 6.92 Å². The molecule has 0 atom stereocenters. The predicted molar refractivity (Wildman–Crippen MR) is 107 cm³/mol. The van der Waals surface area contributed by atoms with Crippen LogP contribution < -0.4 is 4.90 Å². The second kappa shape index (κ2) is 7.27. The quantitative estimate of drug-likeness (QED) is 0.766. The Morgan fingerprint density at radius 3 is 2.81 bits per heavy atom. The van der Waals surface area contributed by atoms with E-state index in [0.29, 0.717) is 0 Å². The molecule has 1 aliphatic heterocycles. The van der Waals surface area contributed by atoms with Gasteiger partial charge in [-0.15, -0.1) is 11.3 Å². The van der Waals surface area contributed by atoms with Crippen molar-refractivity contribution in [2.45, 2.75) is 32.6 Å². The van der Waals surface area contributed by atoms with Gasteiger partial charge in [0.15, 0.2) is 0 Å². The van der Waals surface area contributed by atoms with Crippen LogP contribution in [0.15, 0.2) is 29.3 Å². The van der Waals surface area contributed by atoms with Gasteiger partial charge in [0.05, 0.1) is 12.8 Å². The van der Waals surface area contributed by atoms with E-state index in [1.165, 1.54) is 17.6 Å². The van der Waals surface area contributed by atoms with Crippen LogP contribution in [-0.2, 0) is 27.2 Å². The van der Waals surface area contributed by atoms with Gasteiger partial charge in [-0.2, -0.15) is 0 Å². The molecule has 5 nitrogen and oxygen atoms in total. The molecule has 2 heterocycles. The number of aryl methyl sites for hydroxylation is 2. The third kappa shape index (κ3) is 3.18. The number of carbonyl (C=O) groups excluding carboxylic acids is 2. The Kier molecular flexibility index (Phi) is 4.83. The van der Waals surface area contributed by atoms with Crippen molar-refractivity contribution in [2.24, 2.45) is 4.99 Å². The monoisotopic (exact) mass is 382 g/mol. The number of methoxy groups -OCH3 is 1. The van der Waals surface area contributed by atoms with Crippen molar-refractivity contribution in [1.29, 1.82) is 0 Å². The minimum atomic E-state index is -0.417. The molecule has 0 radical (unpaired) electrons. The van der Waals surface area contributed by atoms with Crippen LogP contribution in [0.5, 0.6) is 0 Å². The molecule has 2 aromatic rings. The van der Waals surface area contributed by atoms with Crippen molar-refractivity contribution >= 4 is 33.9 Å². The zero-order chi connectivity index (χ0) is 19.0. The summed E-state index contributed by atoms with van der Waals surface area (Å²) in [5.41, 5.74) is 5.40. The van der Waals surface area contributed by atoms with E-state index < -0.39 is 5.97 Å². The Hall–Kier alpha value is -2.47. The molecule has 1 aromatic heterocycles. The van der Waals surface area contributed by atoms with E-state index in [2.05, 4.69) is 19.1 Å². The standard InChI is InChI=1S/C21H22N2O3S/c1-13-7-3-4-8-14(13)20-19-15-9-5-6-10-16(15)27-21(19)23(12-18(25)26-2)17(24)11-22-20/h3-4,7-8H,5-6,9-12H2,1-2H3. The Balaban J connectivity index is 1.92. The van der Waals surface area contributed by atoms with Crippen molar-refractivity contribution in [3.05, 3.63) is 51.4 Å². The molecule has 1 aromatic carbocycles. The molecule has 0 spiro atoms. The van der Waals surface area contributed by atoms with Crippen LogP contribution in [0.3, 0.4) is 0 Å². The fraction of sp³-hybridized carbons (Fsp3) is 0.381. The van der Waals surface area contributed by atoms with Crippen molar-refractivity contribution < 1.29 is 14.3 Å². The number of hydrogen-bond acceptors (Lipinski definition) is 5. The molecule has 0 unspecified atom stereocenters. The third-order valence-electron chi connectivity index (χ3n) is 5.22. The van der Waals surface area contributed by atoms with Crippen molar-refractivity contribution in [3.8, 4) is 0 Å². The molecule has 0 saturated heterocycles. The molecular formula is C21H22N2O3S. The molecule has 6 heteroatoms. The molecule has 1 amide bonds. The highest BCUT2D eigenvalue weighted by atomic mass is 32.1. The lowest BCUT2D eigenvalue weighted by atomic mass is 9.90. The molecule has 27 heavy (non-hydrogen) atoms. The summed E-state index contributed by atoms with van der Waals surface area (Å²) in [5, 5.41) is 0.844. The smallest absolute Gasteiger partial charge is 0.325 e. The maximum Gasteiger partial charge on any atom is 0.325 e. The minimum absolute atomic E-state index is 0.0385. The number of esters is 1. The Bertz CT molecular complexity index is 945. The lowest BCUT2D eigenvalue weighted by Gasteiger charge is -2.19. The number of nitrogens with zero attached hydrogens (tertiary/aromatic N) is 2. The first-order chi connectivity index (χ1) is 13.1. The number of benzene rings is 1. The summed E-state index contributed by atoms with van der Waals surface area (Å²) in [6.07, 6.45) is 4.32. The number of anilines is 1. The van der Waals surface area contributed by atoms with Crippen molar-refractivity contribution in [1.82, 2.24) is 0 Å². The highest BCUT2D eigenvalue weighted by Gasteiger charge is 2.33. The van der Waals surface area contributed by atoms with Crippen LogP contribution in [0.2, 0.25) is 0 Å². The fourth-order valence-corrected chi connectivity index (χ4v) is 5.23. The van der Waals surface area contributed by atoms with E-state index >= 15 is 0 Å². The van der Waals surface area contributed by atoms with Gasteiger partial charge in [-0.05, 0) is 43.7 Å². The maximum atomic E-state index is 12.8. The summed E-state index contributed by atoms with van der Waals surface area (Å²) in [6, 6.07) is 8.14. The predicted octanol–water partition coefficient (Wildman–Crippen LogP) is 3.29. The largest absolute Gasteiger partial charge is 0.468 e. The van der Waals surface area contributed by atoms with Crippen molar-refractivity contribution in [3.63, 3.8) is 0 Å². The first kappa shape index (κ1) is 17.9. The minimum Gasteiger partial charge on any atom is -0.468 e. The highest BCUT2D eigenvalue weighted by molar-refractivity contribution is 7.17. The van der Waals surface area contributed by atoms with Crippen molar-refractivity contribution in [2.75, 3.05) is 25.1 Å². The summed E-state index contributed by atoms with van der Waals surface area (Å²) >= 11 is 1.64. The molecule has 0 fully saturated rings. The Morgan fingerprint density at radius 2 is 2.04 bits per heavy atom. The first-order valence-electron chi connectivity index (χ1n) is 9.22. The number of aliphatic imine (C=N–C) groups is 1. The first-order valence-corrected chi connectivity index (χ1v) is 10.0. The number of fused-ring (bicyclic) bond motifs is 3. The van der Waals surface area contributed by atoms with Gasteiger partial charge >= 0.3 is 5.97 Å². The molecule has 2 aliphatic rings. The highest BCUT2D eigenvalue weighted by Crippen LogP contribution is 2.42. The Morgan fingerprint density at radius 1 is 1.26 bits per heavy atom. The van der Waals surface area contributed by atoms with Gasteiger partial charge in [0.1, 0.15) is 18.1 Å². The SMILES string of the molecule is COC(=O)CN1C(=O)CN=C(c2ccccc2C)c2c1sc1c2CCCC1. The van der Waals surface area contributed by atoms with E-state index in [0.717, 1.165) is 53.1 Å². The molecule has 1 aliphatic carbocycles. The van der Waals surface area contributed by atoms with E-state index in [9.17, 15) is 9.59 Å². The zero-order valence-corrected chi connectivity index (χ0v) is 16.4. The third-order valence-corrected chi connectivity index (χ3v) is 6.54. The summed E-state index contributed by atoms with van der Waals surface area (Å²) in [5.74, 6) is -0.580. The molecule has 0 N–H and O–H groups in total. The lowest BCUT2D eigenvalue weighted by Crippen LogP contribution is -2.37. The zero-order valence-electron chi connectivity index (χ0n) is 15.6. The summed E-state index contributed by atoms with van der Waals surface area (Å²) in [4.78, 5) is 32.4. The Labute approximate surface area is 162 Å². The molecule has 140 valence electrons. The van der Waals surface area contributed by atoms with Crippen LogP contribution in [0.4, 0.5) is 5.00 Å². The number of amides is 1. The number of hydrogen-bond donors (Lipinski definition) is 0. The second-order valence-electron chi connectivity index (χ2n) is 6.93. The van der Waals surface area contributed by atoms with Gasteiger partial charge in [-0.3, -0.25) is 19.5 Å². The van der Waals surface area contributed by atoms with Gasteiger partial charge in [0, 0.05) is 16.0 Å². The summed E-state index contributed by atoms with van der Waals surface area (Å²) in [6.45, 7) is 2.03. The van der Waals surface area contributed by atoms with E-state index in [1.807, 2.05) is 12.1 Å². The second-order valence-corrected chi connectivity index (χ2v) is 8.01. The molecule has 0 saturated carbocycles. The molecular weight excluding hydrogens is 360 g/mol. The topological polar surface area (TPSA) is 59.0 Å². The maximum absolute atomic E-state index is 12.8. The van der Waals surface area contributed by atoms with Crippen LogP contribution in [0.25, 0.3) is 0 Å². The lowest BCUT2D eigenvalue weighted by molar-refractivity contribution is -0.139. The summed E-state index contributed by atoms with van der Waals surface area (Å²) < 4.78 is 4.82. The fourth-order valence-electron chi connectivity index (χ4n) is 3.82. The number of ether oxygens (including phenoxy) is 1. The normalized spacial score (nSPS) is 16.3. The molecule has 4 rings (SSSR count). The molecule has 0 bridgehead atoms. The van der Waals surface area contributed by atoms with Gasteiger partial charge in [0.25, 0.3) is 0 Å². The van der Waals surface area contributed by atoms with Crippen LogP contribution in [-0.4, -0.2) is 37.8 Å². The van der Waals surface area contributed by atoms with Crippen LogP contribution in [0.1, 0.15) is 40.0 Å². The van der Waals surface area contributed by atoms with Gasteiger partial charge in [-0.1, -0.05) is 24.3 Å². The average Bonchev–Trinajstić information content (AvgIpc) is 3.00. The number of rotatable bonds is 3. The number of carbonyl (C=O) groups is 2. The van der Waals surface area contributed by atoms with E-state index in [1.54, 1.807) is 16.2 Å². The van der Waals surface area contributed by atoms with Gasteiger partial charge in [0.2, 0.25) is 5.91 Å². The van der Waals surface area contributed by atoms with Crippen LogP contribution >= 0.6 is 11.3 Å². The summed E-state index contributed by atoms with van der Waals surface area (Å²) in [7, 11) is 1.35. The van der Waals surface area contributed by atoms with E-state index in [-0.39, 0.29) is 19.0 Å². The average molecular weight is 382 g/mol. The van der Waals surface area contributed by atoms with Gasteiger partial charge in [-0.25, -0.2) is 0 Å². The van der Waals surface area contributed by atoms with E-state index in [4.69, 9.17) is 9.73 Å².